The molecule has 0 bridgehead atoms. The molecule has 0 saturated heterocycles. The van der Waals surface area contributed by atoms with Gasteiger partial charge in [0, 0.05) is 0 Å². The molecule has 0 aliphatic carbocycles. The number of rotatable bonds is 3. The molecule has 0 aliphatic rings. The maximum absolute atomic E-state index is 12.2. The highest BCUT2D eigenvalue weighted by atomic mass is 19.3. The maximum Gasteiger partial charge on any atom is 0.268 e. The molecule has 0 aliphatic heterocycles. The Morgan fingerprint density at radius 1 is 1.38 bits per heavy atom. The number of ether oxygens (including phenoxy) is 1. The second kappa shape index (κ2) is 4.18. The van der Waals surface area contributed by atoms with Crippen molar-refractivity contribution in [2.75, 3.05) is 7.11 Å². The van der Waals surface area contributed by atoms with Crippen molar-refractivity contribution in [3.05, 3.63) is 29.8 Å². The third-order valence-electron chi connectivity index (χ3n) is 1.59. The van der Waals surface area contributed by atoms with Gasteiger partial charge in [0.25, 0.3) is 6.43 Å². The monoisotopic (exact) mass is 189 g/mol. The van der Waals surface area contributed by atoms with Gasteiger partial charge >= 0.3 is 0 Å². The van der Waals surface area contributed by atoms with Gasteiger partial charge in [-0.25, -0.2) is 8.78 Å². The third-order valence-corrected chi connectivity index (χ3v) is 1.59. The molecular formula is C9H10F2O2. The highest BCUT2D eigenvalue weighted by Gasteiger charge is 2.18. The van der Waals surface area contributed by atoms with Gasteiger partial charge in [-0.2, -0.15) is 0 Å². The molecule has 0 fully saturated rings. The number of benzene rings is 1. The van der Waals surface area contributed by atoms with E-state index in [1.807, 2.05) is 0 Å². The molecule has 0 aromatic heterocycles. The second-order valence-electron chi connectivity index (χ2n) is 2.41. The Morgan fingerprint density at radius 2 is 1.92 bits per heavy atom. The first-order valence-electron chi connectivity index (χ1n) is 4.13. The summed E-state index contributed by atoms with van der Waals surface area (Å²) in [4.78, 5) is 0. The molecule has 1 aromatic carbocycles. The summed E-state index contributed by atoms with van der Waals surface area (Å²) in [5.41, 5.74) is -0.159. The summed E-state index contributed by atoms with van der Waals surface area (Å²) < 4.78 is 36.3. The van der Waals surface area contributed by atoms with Crippen LogP contribution in [0.5, 0.6) is 5.75 Å². The van der Waals surface area contributed by atoms with Crippen LogP contribution in [-0.2, 0) is 0 Å². The summed E-state index contributed by atoms with van der Waals surface area (Å²) in [6.07, 6.45) is -6.00. The van der Waals surface area contributed by atoms with E-state index < -0.39 is 12.5 Å². The Bertz CT molecular complexity index is 298. The molecule has 1 aromatic rings. The van der Waals surface area contributed by atoms with E-state index in [0.717, 1.165) is 0 Å². The van der Waals surface area contributed by atoms with Crippen LogP contribution in [0.15, 0.2) is 24.3 Å². The molecule has 1 N–H and O–H groups in total. The van der Waals surface area contributed by atoms with Crippen LogP contribution in [0.1, 0.15) is 13.0 Å². The SMILES string of the molecule is [2H]C(O)(c1ccc(OC)cc1)C(F)F. The van der Waals surface area contributed by atoms with E-state index >= 15 is 0 Å². The normalized spacial score (nSPS) is 16.5. The minimum absolute atomic E-state index is 0.159. The van der Waals surface area contributed by atoms with Gasteiger partial charge in [-0.05, 0) is 17.7 Å². The summed E-state index contributed by atoms with van der Waals surface area (Å²) in [7, 11) is 1.44. The lowest BCUT2D eigenvalue weighted by Gasteiger charge is -2.09. The largest absolute Gasteiger partial charge is 0.497 e. The van der Waals surface area contributed by atoms with Gasteiger partial charge in [-0.3, -0.25) is 0 Å². The van der Waals surface area contributed by atoms with Gasteiger partial charge in [0.15, 0.2) is 0 Å². The molecule has 0 radical (unpaired) electrons. The first-order chi connectivity index (χ1) is 6.48. The number of hydrogen-bond acceptors (Lipinski definition) is 2. The number of methoxy groups -OCH3 is 1. The van der Waals surface area contributed by atoms with Crippen LogP contribution in [0, 0.1) is 0 Å². The average molecular weight is 189 g/mol. The van der Waals surface area contributed by atoms with Crippen LogP contribution in [0.4, 0.5) is 8.78 Å². The van der Waals surface area contributed by atoms with E-state index in [9.17, 15) is 8.78 Å². The van der Waals surface area contributed by atoms with Crippen molar-refractivity contribution < 1.29 is 20.0 Å². The van der Waals surface area contributed by atoms with Gasteiger partial charge in [-0.1, -0.05) is 12.1 Å². The maximum atomic E-state index is 12.2. The van der Waals surface area contributed by atoms with Crippen molar-refractivity contribution in [3.63, 3.8) is 0 Å². The van der Waals surface area contributed by atoms with Gasteiger partial charge in [-0.15, -0.1) is 0 Å². The van der Waals surface area contributed by atoms with Crippen LogP contribution >= 0.6 is 0 Å². The van der Waals surface area contributed by atoms with E-state index in [1.165, 1.54) is 31.4 Å². The van der Waals surface area contributed by atoms with Crippen LogP contribution in [-0.4, -0.2) is 18.6 Å². The number of hydrogen-bond donors (Lipinski definition) is 1. The molecule has 1 atom stereocenters. The number of alkyl halides is 2. The van der Waals surface area contributed by atoms with Crippen molar-refractivity contribution in [1.29, 1.82) is 0 Å². The van der Waals surface area contributed by atoms with Crippen molar-refractivity contribution in [2.24, 2.45) is 0 Å². The molecule has 1 unspecified atom stereocenters. The number of halogens is 2. The fraction of sp³-hybridized carbons (Fsp3) is 0.333. The van der Waals surface area contributed by atoms with Crippen LogP contribution < -0.4 is 4.74 Å². The summed E-state index contributed by atoms with van der Waals surface area (Å²) >= 11 is 0. The molecule has 0 saturated carbocycles. The molecule has 2 nitrogen and oxygen atoms in total. The van der Waals surface area contributed by atoms with Crippen molar-refractivity contribution in [3.8, 4) is 5.75 Å². The van der Waals surface area contributed by atoms with Gasteiger partial charge in [0.2, 0.25) is 0 Å². The fourth-order valence-electron chi connectivity index (χ4n) is 0.888. The van der Waals surface area contributed by atoms with E-state index in [-0.39, 0.29) is 5.56 Å². The van der Waals surface area contributed by atoms with Crippen molar-refractivity contribution >= 4 is 0 Å². The lowest BCUT2D eigenvalue weighted by molar-refractivity contribution is -0.00580. The molecule has 0 spiro atoms. The Labute approximate surface area is 76.2 Å². The zero-order chi connectivity index (χ0) is 10.8. The second-order valence-corrected chi connectivity index (χ2v) is 2.41. The zero-order valence-electron chi connectivity index (χ0n) is 8.00. The van der Waals surface area contributed by atoms with E-state index in [0.29, 0.717) is 5.75 Å². The first kappa shape index (κ1) is 8.44. The smallest absolute Gasteiger partial charge is 0.268 e. The van der Waals surface area contributed by atoms with Gasteiger partial charge in [0.1, 0.15) is 11.8 Å². The van der Waals surface area contributed by atoms with E-state index in [4.69, 9.17) is 11.2 Å². The highest BCUT2D eigenvalue weighted by molar-refractivity contribution is 5.28. The number of aliphatic hydroxyl groups is 1. The minimum atomic E-state index is -3.14. The zero-order valence-corrected chi connectivity index (χ0v) is 7.00. The topological polar surface area (TPSA) is 29.5 Å². The summed E-state index contributed by atoms with van der Waals surface area (Å²) in [6, 6.07) is 5.30. The Balaban J connectivity index is 2.97. The quantitative estimate of drug-likeness (QED) is 0.787. The van der Waals surface area contributed by atoms with Gasteiger partial charge < -0.3 is 9.84 Å². The molecule has 13 heavy (non-hydrogen) atoms. The lowest BCUT2D eigenvalue weighted by atomic mass is 10.1. The predicted octanol–water partition coefficient (Wildman–Crippen LogP) is 1.99. The van der Waals surface area contributed by atoms with E-state index in [1.54, 1.807) is 0 Å². The van der Waals surface area contributed by atoms with Gasteiger partial charge in [0.05, 0.1) is 8.48 Å². The van der Waals surface area contributed by atoms with Crippen molar-refractivity contribution in [1.82, 2.24) is 0 Å². The summed E-state index contributed by atoms with van der Waals surface area (Å²) in [5.74, 6) is 0.485. The molecule has 0 heterocycles. The molecular weight excluding hydrogens is 178 g/mol. The van der Waals surface area contributed by atoms with E-state index in [2.05, 4.69) is 0 Å². The van der Waals surface area contributed by atoms with Crippen molar-refractivity contribution in [2.45, 2.75) is 12.5 Å². The Hall–Kier alpha value is -1.16. The Morgan fingerprint density at radius 3 is 2.31 bits per heavy atom. The fourth-order valence-corrected chi connectivity index (χ4v) is 0.888. The predicted molar refractivity (Wildman–Crippen MR) is 44.0 cm³/mol. The van der Waals surface area contributed by atoms with Crippen LogP contribution in [0.3, 0.4) is 0 Å². The lowest BCUT2D eigenvalue weighted by Crippen LogP contribution is -2.07. The standard InChI is InChI=1S/C9H10F2O2/c1-13-7-4-2-6(3-5-7)8(12)9(10)11/h2-5,8-9,12H,1H3/i8D. The molecule has 1 rings (SSSR count). The summed E-state index contributed by atoms with van der Waals surface area (Å²) in [5, 5.41) is 9.10. The minimum Gasteiger partial charge on any atom is -0.497 e. The Kier molecular flexibility index (Phi) is 2.72. The first-order valence-corrected chi connectivity index (χ1v) is 3.63. The highest BCUT2D eigenvalue weighted by Crippen LogP contribution is 2.22. The van der Waals surface area contributed by atoms with Crippen LogP contribution in [0.25, 0.3) is 0 Å². The molecule has 0 amide bonds. The molecule has 72 valence electrons. The average Bonchev–Trinajstić information content (AvgIpc) is 2.17. The third kappa shape index (κ3) is 2.39. The van der Waals surface area contributed by atoms with Crippen LogP contribution in [0.2, 0.25) is 0 Å². The summed E-state index contributed by atoms with van der Waals surface area (Å²) in [6.45, 7) is 0. The molecule has 4 heteroatoms.